The Labute approximate surface area is 224 Å². The zero-order valence-corrected chi connectivity index (χ0v) is 21.6. The zero-order chi connectivity index (χ0) is 27.5. The standard InChI is InChI=1S/C26H28N6O7/c1-15-12-38-26(35)32(15)10-17-6-16-4-3-5-31(24(16)29-19(17)11-33)25(34)30-23-7-20(18(8-27)9-28-23)39-22-14-37-13-21(22)36-2/h6-7,9,11,15,21-22H,3-5,10,12-14H2,1-2H3,(H,28,30,34)/t15-,21-,22?/m0/s1. The summed E-state index contributed by atoms with van der Waals surface area (Å²) in [6, 6.07) is 4.73. The monoisotopic (exact) mass is 536 g/mol. The van der Waals surface area contributed by atoms with Crippen molar-refractivity contribution in [3.05, 3.63) is 40.7 Å². The average molecular weight is 537 g/mol. The van der Waals surface area contributed by atoms with Crippen molar-refractivity contribution in [2.45, 2.75) is 44.6 Å². The van der Waals surface area contributed by atoms with E-state index in [1.54, 1.807) is 12.0 Å². The summed E-state index contributed by atoms with van der Waals surface area (Å²) < 4.78 is 21.8. The van der Waals surface area contributed by atoms with Gasteiger partial charge in [-0.2, -0.15) is 5.26 Å². The number of hydrogen-bond donors (Lipinski definition) is 1. The van der Waals surface area contributed by atoms with Crippen molar-refractivity contribution in [2.75, 3.05) is 43.7 Å². The second kappa shape index (κ2) is 11.2. The highest BCUT2D eigenvalue weighted by Gasteiger charge is 2.33. The fourth-order valence-electron chi connectivity index (χ4n) is 4.80. The van der Waals surface area contributed by atoms with Crippen LogP contribution in [0.25, 0.3) is 0 Å². The molecule has 5 heterocycles. The van der Waals surface area contributed by atoms with Crippen LogP contribution < -0.4 is 15.0 Å². The molecule has 0 saturated carbocycles. The summed E-state index contributed by atoms with van der Waals surface area (Å²) in [4.78, 5) is 49.0. The molecule has 1 unspecified atom stereocenters. The van der Waals surface area contributed by atoms with Crippen LogP contribution in [0.2, 0.25) is 0 Å². The van der Waals surface area contributed by atoms with Crippen LogP contribution in [0.3, 0.4) is 0 Å². The van der Waals surface area contributed by atoms with Gasteiger partial charge in [0.2, 0.25) is 0 Å². The molecule has 1 N–H and O–H groups in total. The Bertz CT molecular complexity index is 1330. The molecule has 13 heteroatoms. The fourth-order valence-corrected chi connectivity index (χ4v) is 4.80. The van der Waals surface area contributed by atoms with E-state index in [0.717, 1.165) is 5.56 Å². The van der Waals surface area contributed by atoms with E-state index in [-0.39, 0.29) is 41.5 Å². The van der Waals surface area contributed by atoms with Crippen molar-refractivity contribution in [3.8, 4) is 11.8 Å². The lowest BCUT2D eigenvalue weighted by atomic mass is 10.0. The lowest BCUT2D eigenvalue weighted by Gasteiger charge is -2.29. The lowest BCUT2D eigenvalue weighted by molar-refractivity contribution is 0.0325. The van der Waals surface area contributed by atoms with Gasteiger partial charge in [0.1, 0.15) is 47.4 Å². The topological polar surface area (TPSA) is 156 Å². The molecular formula is C26H28N6O7. The maximum Gasteiger partial charge on any atom is 0.410 e. The predicted molar refractivity (Wildman–Crippen MR) is 136 cm³/mol. The first kappa shape index (κ1) is 26.3. The lowest BCUT2D eigenvalue weighted by Crippen LogP contribution is -2.40. The molecule has 3 aliphatic heterocycles. The molecule has 0 aliphatic carbocycles. The van der Waals surface area contributed by atoms with Crippen molar-refractivity contribution in [1.29, 1.82) is 5.26 Å². The molecule has 0 bridgehead atoms. The number of aromatic nitrogens is 2. The highest BCUT2D eigenvalue weighted by atomic mass is 16.6. The molecule has 3 aliphatic rings. The molecule has 2 aromatic rings. The van der Waals surface area contributed by atoms with Gasteiger partial charge in [-0.15, -0.1) is 0 Å². The quantitative estimate of drug-likeness (QED) is 0.521. The Morgan fingerprint density at radius 3 is 2.85 bits per heavy atom. The number of nitrogens with zero attached hydrogens (tertiary/aromatic N) is 5. The number of hydrogen-bond acceptors (Lipinski definition) is 10. The minimum atomic E-state index is -0.494. The number of urea groups is 1. The first-order valence-corrected chi connectivity index (χ1v) is 12.6. The van der Waals surface area contributed by atoms with Crippen molar-refractivity contribution >= 4 is 30.0 Å². The van der Waals surface area contributed by atoms with Gasteiger partial charge in [-0.25, -0.2) is 19.6 Å². The molecule has 3 amide bonds. The van der Waals surface area contributed by atoms with E-state index < -0.39 is 18.2 Å². The smallest absolute Gasteiger partial charge is 0.410 e. The van der Waals surface area contributed by atoms with Gasteiger partial charge in [0.05, 0.1) is 32.0 Å². The number of methoxy groups -OCH3 is 1. The maximum atomic E-state index is 13.3. The van der Waals surface area contributed by atoms with Gasteiger partial charge >= 0.3 is 12.1 Å². The number of carbonyl (C=O) groups is 3. The third-order valence-electron chi connectivity index (χ3n) is 6.97. The minimum absolute atomic E-state index is 0.120. The van der Waals surface area contributed by atoms with E-state index in [4.69, 9.17) is 18.9 Å². The summed E-state index contributed by atoms with van der Waals surface area (Å²) in [5.41, 5.74) is 1.75. The Morgan fingerprint density at radius 1 is 1.31 bits per heavy atom. The second-order valence-electron chi connectivity index (χ2n) is 9.52. The Balaban J connectivity index is 1.36. The van der Waals surface area contributed by atoms with Crippen LogP contribution in [-0.2, 0) is 27.2 Å². The SMILES string of the molecule is CO[C@H]1COCC1Oc1cc(NC(=O)N2CCCc3cc(CN4C(=O)OC[C@@H]4C)c(C=O)nc32)ncc1C#N. The van der Waals surface area contributed by atoms with Crippen molar-refractivity contribution in [3.63, 3.8) is 0 Å². The van der Waals surface area contributed by atoms with E-state index >= 15 is 0 Å². The molecule has 5 rings (SSSR count). The normalized spacial score (nSPS) is 22.2. The molecule has 3 atom stereocenters. The largest absolute Gasteiger partial charge is 0.484 e. The minimum Gasteiger partial charge on any atom is -0.484 e. The van der Waals surface area contributed by atoms with E-state index in [1.165, 1.54) is 17.2 Å². The van der Waals surface area contributed by atoms with Gasteiger partial charge in [-0.05, 0) is 31.4 Å². The molecular weight excluding hydrogens is 508 g/mol. The van der Waals surface area contributed by atoms with E-state index in [2.05, 4.69) is 15.3 Å². The van der Waals surface area contributed by atoms with E-state index in [0.29, 0.717) is 56.9 Å². The Morgan fingerprint density at radius 2 is 2.13 bits per heavy atom. The first-order valence-electron chi connectivity index (χ1n) is 12.6. The van der Waals surface area contributed by atoms with Gasteiger partial charge in [-0.1, -0.05) is 0 Å². The molecule has 13 nitrogen and oxygen atoms in total. The summed E-state index contributed by atoms with van der Waals surface area (Å²) in [6.45, 7) is 3.42. The number of aryl methyl sites for hydroxylation is 1. The number of pyridine rings is 2. The average Bonchev–Trinajstić information content (AvgIpc) is 3.53. The summed E-state index contributed by atoms with van der Waals surface area (Å²) in [5, 5.41) is 12.2. The molecule has 39 heavy (non-hydrogen) atoms. The number of ether oxygens (including phenoxy) is 4. The number of nitrogens with one attached hydrogen (secondary N) is 1. The molecule has 204 valence electrons. The molecule has 2 fully saturated rings. The highest BCUT2D eigenvalue weighted by molar-refractivity contribution is 6.01. The number of rotatable bonds is 7. The third-order valence-corrected chi connectivity index (χ3v) is 6.97. The Kier molecular flexibility index (Phi) is 7.58. The first-order chi connectivity index (χ1) is 18.9. The van der Waals surface area contributed by atoms with Crippen molar-refractivity contribution in [2.24, 2.45) is 0 Å². The van der Waals surface area contributed by atoms with Crippen LogP contribution in [-0.4, -0.2) is 85.0 Å². The van der Waals surface area contributed by atoms with Gasteiger partial charge in [0, 0.05) is 25.3 Å². The predicted octanol–water partition coefficient (Wildman–Crippen LogP) is 2.28. The molecule has 2 aromatic heterocycles. The number of anilines is 2. The zero-order valence-electron chi connectivity index (χ0n) is 21.6. The second-order valence-corrected chi connectivity index (χ2v) is 9.52. The van der Waals surface area contributed by atoms with Crippen molar-refractivity contribution < 1.29 is 33.3 Å². The number of nitriles is 1. The van der Waals surface area contributed by atoms with Crippen LogP contribution in [0.1, 0.15) is 40.5 Å². The molecule has 0 radical (unpaired) electrons. The number of aldehydes is 1. The summed E-state index contributed by atoms with van der Waals surface area (Å²) in [7, 11) is 1.56. The summed E-state index contributed by atoms with van der Waals surface area (Å²) in [5.74, 6) is 0.806. The van der Waals surface area contributed by atoms with Gasteiger partial charge in [0.15, 0.2) is 12.4 Å². The van der Waals surface area contributed by atoms with Crippen LogP contribution in [0, 0.1) is 11.3 Å². The number of carbonyl (C=O) groups excluding carboxylic acids is 3. The molecule has 2 saturated heterocycles. The third kappa shape index (κ3) is 5.34. The van der Waals surface area contributed by atoms with Crippen LogP contribution in [0.4, 0.5) is 21.2 Å². The van der Waals surface area contributed by atoms with Gasteiger partial charge in [-0.3, -0.25) is 19.9 Å². The number of fused-ring (bicyclic) bond motifs is 1. The highest BCUT2D eigenvalue weighted by Crippen LogP contribution is 2.30. The summed E-state index contributed by atoms with van der Waals surface area (Å²) >= 11 is 0. The Hall–Kier alpha value is -4.28. The summed E-state index contributed by atoms with van der Waals surface area (Å²) in [6.07, 6.45) is 2.16. The van der Waals surface area contributed by atoms with Crippen LogP contribution in [0.5, 0.6) is 5.75 Å². The number of amides is 3. The number of cyclic esters (lactones) is 1. The molecule has 0 aromatic carbocycles. The van der Waals surface area contributed by atoms with E-state index in [1.807, 2.05) is 19.1 Å². The van der Waals surface area contributed by atoms with Crippen LogP contribution >= 0.6 is 0 Å². The van der Waals surface area contributed by atoms with E-state index in [9.17, 15) is 19.6 Å². The van der Waals surface area contributed by atoms with Crippen LogP contribution in [0.15, 0.2) is 18.3 Å². The van der Waals surface area contributed by atoms with Gasteiger partial charge < -0.3 is 18.9 Å². The van der Waals surface area contributed by atoms with Gasteiger partial charge in [0.25, 0.3) is 0 Å². The molecule has 0 spiro atoms. The van der Waals surface area contributed by atoms with Crippen molar-refractivity contribution in [1.82, 2.24) is 14.9 Å². The fraction of sp³-hybridized carbons (Fsp3) is 0.462. The maximum absolute atomic E-state index is 13.3.